The second-order valence-corrected chi connectivity index (χ2v) is 5.36. The van der Waals surface area contributed by atoms with Gasteiger partial charge in [-0.3, -0.25) is 0 Å². The van der Waals surface area contributed by atoms with Crippen molar-refractivity contribution in [1.29, 1.82) is 0 Å². The van der Waals surface area contributed by atoms with Crippen LogP contribution in [-0.4, -0.2) is 5.11 Å². The van der Waals surface area contributed by atoms with E-state index in [0.29, 0.717) is 11.1 Å². The van der Waals surface area contributed by atoms with E-state index < -0.39 is 17.7 Å². The minimum atomic E-state index is -1.32. The van der Waals surface area contributed by atoms with E-state index >= 15 is 0 Å². The van der Waals surface area contributed by atoms with Crippen molar-refractivity contribution in [2.24, 2.45) is 0 Å². The Morgan fingerprint density at radius 1 is 1.05 bits per heavy atom. The van der Waals surface area contributed by atoms with Gasteiger partial charge in [0.05, 0.1) is 5.56 Å². The summed E-state index contributed by atoms with van der Waals surface area (Å²) in [5.74, 6) is -1.45. The molecule has 0 saturated heterocycles. The zero-order chi connectivity index (χ0) is 14.2. The average Bonchev–Trinajstić information content (AvgIpc) is 2.37. The Bertz CT molecular complexity index is 626. The van der Waals surface area contributed by atoms with Gasteiger partial charge in [-0.25, -0.2) is 8.78 Å². The minimum absolute atomic E-state index is 0.307. The van der Waals surface area contributed by atoms with Gasteiger partial charge in [0.2, 0.25) is 0 Å². The van der Waals surface area contributed by atoms with Crippen molar-refractivity contribution in [2.75, 3.05) is 0 Å². The van der Waals surface area contributed by atoms with E-state index in [-0.39, 0.29) is 5.56 Å². The normalized spacial score (nSPS) is 12.5. The molecular weight excluding hydrogens is 314 g/mol. The Balaban J connectivity index is 2.52. The first-order chi connectivity index (χ1) is 8.91. The van der Waals surface area contributed by atoms with Crippen LogP contribution in [0.15, 0.2) is 34.8 Å². The molecule has 1 nitrogen and oxygen atoms in total. The van der Waals surface area contributed by atoms with Crippen LogP contribution >= 0.6 is 15.9 Å². The van der Waals surface area contributed by atoms with Gasteiger partial charge < -0.3 is 5.11 Å². The Morgan fingerprint density at radius 2 is 1.68 bits per heavy atom. The molecule has 4 heteroatoms. The molecule has 0 aliphatic rings. The molecule has 0 bridgehead atoms. The van der Waals surface area contributed by atoms with E-state index in [1.807, 2.05) is 6.92 Å². The van der Waals surface area contributed by atoms with Crippen LogP contribution in [0.3, 0.4) is 0 Å². The van der Waals surface area contributed by atoms with E-state index in [1.165, 1.54) is 19.1 Å². The number of halogens is 3. The largest absolute Gasteiger partial charge is 0.383 e. The highest BCUT2D eigenvalue weighted by Gasteiger charge is 2.21. The van der Waals surface area contributed by atoms with Crippen LogP contribution in [0, 0.1) is 25.5 Å². The summed E-state index contributed by atoms with van der Waals surface area (Å²) in [6.45, 7) is 3.43. The van der Waals surface area contributed by atoms with Gasteiger partial charge in [-0.05, 0) is 42.7 Å². The fourth-order valence-corrected chi connectivity index (χ4v) is 2.27. The molecular formula is C15H13BrF2O. The fraction of sp³-hybridized carbons (Fsp3) is 0.200. The molecule has 0 fully saturated rings. The summed E-state index contributed by atoms with van der Waals surface area (Å²) in [7, 11) is 0. The number of rotatable bonds is 2. The molecule has 100 valence electrons. The number of aliphatic hydroxyl groups excluding tert-OH is 1. The van der Waals surface area contributed by atoms with Crippen molar-refractivity contribution >= 4 is 15.9 Å². The highest BCUT2D eigenvalue weighted by atomic mass is 79.9. The van der Waals surface area contributed by atoms with Crippen LogP contribution in [0.2, 0.25) is 0 Å². The molecule has 0 aliphatic carbocycles. The van der Waals surface area contributed by atoms with Gasteiger partial charge in [0, 0.05) is 4.47 Å². The standard InChI is InChI=1S/C15H13BrF2O/c1-8-3-5-10(7-11(8)16)15(19)13-12(17)6-4-9(2)14(13)18/h3-7,15,19H,1-2H3. The number of hydrogen-bond acceptors (Lipinski definition) is 1. The highest BCUT2D eigenvalue weighted by molar-refractivity contribution is 9.10. The van der Waals surface area contributed by atoms with Gasteiger partial charge in [0.15, 0.2) is 0 Å². The summed E-state index contributed by atoms with van der Waals surface area (Å²) < 4.78 is 28.5. The summed E-state index contributed by atoms with van der Waals surface area (Å²) >= 11 is 3.34. The van der Waals surface area contributed by atoms with Crippen molar-refractivity contribution in [3.8, 4) is 0 Å². The molecule has 0 aliphatic heterocycles. The van der Waals surface area contributed by atoms with Crippen molar-refractivity contribution in [3.05, 3.63) is 68.7 Å². The monoisotopic (exact) mass is 326 g/mol. The Kier molecular flexibility index (Phi) is 4.02. The molecule has 0 aromatic heterocycles. The molecule has 0 heterocycles. The third-order valence-corrected chi connectivity index (χ3v) is 3.96. The van der Waals surface area contributed by atoms with Gasteiger partial charge in [-0.2, -0.15) is 0 Å². The molecule has 1 N–H and O–H groups in total. The molecule has 19 heavy (non-hydrogen) atoms. The first-order valence-electron chi connectivity index (χ1n) is 5.80. The lowest BCUT2D eigenvalue weighted by atomic mass is 9.98. The molecule has 2 rings (SSSR count). The van der Waals surface area contributed by atoms with E-state index in [2.05, 4.69) is 15.9 Å². The smallest absolute Gasteiger partial charge is 0.135 e. The molecule has 0 radical (unpaired) electrons. The topological polar surface area (TPSA) is 20.2 Å². The first-order valence-corrected chi connectivity index (χ1v) is 6.59. The molecule has 0 saturated carbocycles. The van der Waals surface area contributed by atoms with Crippen LogP contribution in [-0.2, 0) is 0 Å². The van der Waals surface area contributed by atoms with E-state index in [9.17, 15) is 13.9 Å². The van der Waals surface area contributed by atoms with Crippen LogP contribution in [0.25, 0.3) is 0 Å². The Labute approximate surface area is 119 Å². The molecule has 2 aromatic rings. The van der Waals surface area contributed by atoms with Crippen LogP contribution in [0.4, 0.5) is 8.78 Å². The second kappa shape index (κ2) is 5.39. The molecule has 0 amide bonds. The van der Waals surface area contributed by atoms with Crippen molar-refractivity contribution in [3.63, 3.8) is 0 Å². The second-order valence-electron chi connectivity index (χ2n) is 4.50. The van der Waals surface area contributed by atoms with E-state index in [0.717, 1.165) is 10.0 Å². The maximum Gasteiger partial charge on any atom is 0.135 e. The fourth-order valence-electron chi connectivity index (χ4n) is 1.87. The Morgan fingerprint density at radius 3 is 2.32 bits per heavy atom. The van der Waals surface area contributed by atoms with Crippen molar-refractivity contribution in [2.45, 2.75) is 20.0 Å². The Hall–Kier alpha value is -1.26. The van der Waals surface area contributed by atoms with Crippen molar-refractivity contribution in [1.82, 2.24) is 0 Å². The first kappa shape index (κ1) is 14.2. The number of hydrogen-bond donors (Lipinski definition) is 1. The summed E-state index contributed by atoms with van der Waals surface area (Å²) in [6, 6.07) is 7.63. The van der Waals surface area contributed by atoms with Gasteiger partial charge in [-0.15, -0.1) is 0 Å². The third-order valence-electron chi connectivity index (χ3n) is 3.10. The van der Waals surface area contributed by atoms with Gasteiger partial charge in [0.25, 0.3) is 0 Å². The number of aryl methyl sites for hydroxylation is 2. The highest BCUT2D eigenvalue weighted by Crippen LogP contribution is 2.30. The van der Waals surface area contributed by atoms with Crippen LogP contribution in [0.5, 0.6) is 0 Å². The van der Waals surface area contributed by atoms with Gasteiger partial charge >= 0.3 is 0 Å². The zero-order valence-electron chi connectivity index (χ0n) is 10.5. The van der Waals surface area contributed by atoms with Gasteiger partial charge in [-0.1, -0.05) is 34.1 Å². The zero-order valence-corrected chi connectivity index (χ0v) is 12.1. The molecule has 1 atom stereocenters. The van der Waals surface area contributed by atoms with E-state index in [1.54, 1.807) is 18.2 Å². The van der Waals surface area contributed by atoms with Gasteiger partial charge in [0.1, 0.15) is 17.7 Å². The third kappa shape index (κ3) is 2.69. The van der Waals surface area contributed by atoms with Crippen LogP contribution < -0.4 is 0 Å². The summed E-state index contributed by atoms with van der Waals surface area (Å²) in [5.41, 5.74) is 1.43. The quantitative estimate of drug-likeness (QED) is 0.865. The number of benzene rings is 2. The number of aliphatic hydroxyl groups is 1. The molecule has 2 aromatic carbocycles. The van der Waals surface area contributed by atoms with Crippen LogP contribution in [0.1, 0.15) is 28.4 Å². The maximum absolute atomic E-state index is 14.0. The predicted molar refractivity (Wildman–Crippen MR) is 74.0 cm³/mol. The van der Waals surface area contributed by atoms with Crippen molar-refractivity contribution < 1.29 is 13.9 Å². The molecule has 1 unspecified atom stereocenters. The lowest BCUT2D eigenvalue weighted by Crippen LogP contribution is -2.07. The predicted octanol–water partition coefficient (Wildman–Crippen LogP) is 4.43. The lowest BCUT2D eigenvalue weighted by molar-refractivity contribution is 0.208. The minimum Gasteiger partial charge on any atom is -0.383 e. The summed E-state index contributed by atoms with van der Waals surface area (Å²) in [4.78, 5) is 0. The van der Waals surface area contributed by atoms with E-state index in [4.69, 9.17) is 0 Å². The summed E-state index contributed by atoms with van der Waals surface area (Å²) in [5, 5.41) is 10.2. The lowest BCUT2D eigenvalue weighted by Gasteiger charge is -2.15. The maximum atomic E-state index is 14.0. The summed E-state index contributed by atoms with van der Waals surface area (Å²) in [6.07, 6.45) is -1.32. The average molecular weight is 327 g/mol. The SMILES string of the molecule is Cc1ccc(C(O)c2c(F)ccc(C)c2F)cc1Br. The molecule has 0 spiro atoms.